The van der Waals surface area contributed by atoms with Crippen molar-refractivity contribution in [1.82, 2.24) is 0 Å². The summed E-state index contributed by atoms with van der Waals surface area (Å²) in [6.07, 6.45) is 7.16. The lowest BCUT2D eigenvalue weighted by Crippen LogP contribution is -2.14. The van der Waals surface area contributed by atoms with Crippen molar-refractivity contribution in [3.8, 4) is 11.5 Å². The lowest BCUT2D eigenvalue weighted by molar-refractivity contribution is 0.171. The van der Waals surface area contributed by atoms with Crippen molar-refractivity contribution in [2.75, 3.05) is 13.2 Å². The van der Waals surface area contributed by atoms with Crippen molar-refractivity contribution in [1.29, 1.82) is 0 Å². The quantitative estimate of drug-likeness (QED) is 0.574. The Labute approximate surface area is 104 Å². The third kappa shape index (κ3) is 5.43. The molecule has 94 valence electrons. The van der Waals surface area contributed by atoms with Crippen LogP contribution in [0.25, 0.3) is 0 Å². The van der Waals surface area contributed by atoms with Crippen LogP contribution in [0.1, 0.15) is 32.6 Å². The maximum atomic E-state index is 5.30. The predicted molar refractivity (Wildman–Crippen MR) is 71.8 cm³/mol. The van der Waals surface area contributed by atoms with E-state index >= 15 is 0 Å². The highest BCUT2D eigenvalue weighted by Gasteiger charge is 2.07. The topological polar surface area (TPSA) is 18.5 Å². The molecule has 0 radical (unpaired) electrons. The number of unbranched alkanes of at least 4 members (excludes halogenated alkanes) is 3. The number of allylic oxidation sites excluding steroid dienone is 1. The standard InChI is InChI=1S/C8H8O2.C7H14/c1-2-4-8-7(3-1)9-5-6-10-8;1-3-5-7-6-4-2/h1-4H,5-6H2;3H,1,4-7H2,2H3. The fraction of sp³-hybridized carbons (Fsp3) is 0.467. The zero-order valence-electron chi connectivity index (χ0n) is 10.7. The van der Waals surface area contributed by atoms with Crippen LogP contribution < -0.4 is 9.47 Å². The molecule has 1 aromatic carbocycles. The third-order valence-electron chi connectivity index (χ3n) is 2.46. The van der Waals surface area contributed by atoms with Crippen molar-refractivity contribution in [3.05, 3.63) is 36.9 Å². The Kier molecular flexibility index (Phi) is 6.96. The number of rotatable bonds is 4. The molecule has 0 N–H and O–H groups in total. The molecule has 0 saturated heterocycles. The van der Waals surface area contributed by atoms with Gasteiger partial charge in [-0.3, -0.25) is 0 Å². The molecular formula is C15H22O2. The van der Waals surface area contributed by atoms with Gasteiger partial charge in [-0.05, 0) is 25.0 Å². The molecule has 0 atom stereocenters. The Morgan fingerprint density at radius 3 is 2.18 bits per heavy atom. The maximum Gasteiger partial charge on any atom is 0.161 e. The number of fused-ring (bicyclic) bond motifs is 1. The van der Waals surface area contributed by atoms with Gasteiger partial charge in [-0.2, -0.15) is 0 Å². The van der Waals surface area contributed by atoms with Crippen LogP contribution in [0.3, 0.4) is 0 Å². The Hall–Kier alpha value is -1.44. The molecule has 0 spiro atoms. The number of para-hydroxylation sites is 2. The van der Waals surface area contributed by atoms with E-state index in [-0.39, 0.29) is 0 Å². The van der Waals surface area contributed by atoms with E-state index in [1.807, 2.05) is 30.3 Å². The molecule has 0 unspecified atom stereocenters. The van der Waals surface area contributed by atoms with E-state index in [1.54, 1.807) is 0 Å². The first-order valence-corrected chi connectivity index (χ1v) is 6.34. The highest BCUT2D eigenvalue weighted by molar-refractivity contribution is 5.40. The second-order valence-electron chi connectivity index (χ2n) is 3.93. The highest BCUT2D eigenvalue weighted by atomic mass is 16.6. The molecule has 1 aliphatic rings. The Bertz CT molecular complexity index is 295. The van der Waals surface area contributed by atoms with Crippen LogP contribution in [0.5, 0.6) is 11.5 Å². The monoisotopic (exact) mass is 234 g/mol. The predicted octanol–water partition coefficient (Wildman–Crippen LogP) is 4.21. The van der Waals surface area contributed by atoms with Gasteiger partial charge in [0.2, 0.25) is 0 Å². The molecule has 1 aliphatic heterocycles. The highest BCUT2D eigenvalue weighted by Crippen LogP contribution is 2.28. The summed E-state index contributed by atoms with van der Waals surface area (Å²) in [7, 11) is 0. The van der Waals surface area contributed by atoms with Crippen LogP contribution in [0.15, 0.2) is 36.9 Å². The number of ether oxygens (including phenoxy) is 2. The van der Waals surface area contributed by atoms with Crippen LogP contribution in [-0.2, 0) is 0 Å². The number of hydrogen-bond acceptors (Lipinski definition) is 2. The third-order valence-corrected chi connectivity index (χ3v) is 2.46. The minimum Gasteiger partial charge on any atom is -0.486 e. The van der Waals surface area contributed by atoms with Gasteiger partial charge in [0, 0.05) is 0 Å². The first-order chi connectivity index (χ1) is 8.38. The lowest BCUT2D eigenvalue weighted by Gasteiger charge is -2.17. The Morgan fingerprint density at radius 1 is 1.12 bits per heavy atom. The van der Waals surface area contributed by atoms with Crippen molar-refractivity contribution < 1.29 is 9.47 Å². The van der Waals surface area contributed by atoms with Crippen LogP contribution in [0.4, 0.5) is 0 Å². The maximum absolute atomic E-state index is 5.30. The van der Waals surface area contributed by atoms with Gasteiger partial charge < -0.3 is 9.47 Å². The summed E-state index contributed by atoms with van der Waals surface area (Å²) in [6.45, 7) is 7.17. The van der Waals surface area contributed by atoms with Gasteiger partial charge >= 0.3 is 0 Å². The van der Waals surface area contributed by atoms with Crippen molar-refractivity contribution in [2.45, 2.75) is 32.6 Å². The molecule has 2 heteroatoms. The molecule has 0 saturated carbocycles. The first-order valence-electron chi connectivity index (χ1n) is 6.34. The molecule has 1 aromatic rings. The summed E-state index contributed by atoms with van der Waals surface area (Å²) < 4.78 is 10.6. The molecule has 1 heterocycles. The summed E-state index contributed by atoms with van der Waals surface area (Å²) >= 11 is 0. The molecule has 0 bridgehead atoms. The molecular weight excluding hydrogens is 212 g/mol. The van der Waals surface area contributed by atoms with E-state index in [2.05, 4.69) is 13.5 Å². The van der Waals surface area contributed by atoms with Crippen molar-refractivity contribution in [2.24, 2.45) is 0 Å². The average molecular weight is 234 g/mol. The van der Waals surface area contributed by atoms with Gasteiger partial charge in [0.1, 0.15) is 13.2 Å². The normalized spacial score (nSPS) is 12.3. The number of benzene rings is 1. The number of hydrogen-bond donors (Lipinski definition) is 0. The van der Waals surface area contributed by atoms with Crippen molar-refractivity contribution >= 4 is 0 Å². The van der Waals surface area contributed by atoms with Gasteiger partial charge in [0.15, 0.2) is 11.5 Å². The largest absolute Gasteiger partial charge is 0.486 e. The van der Waals surface area contributed by atoms with E-state index in [0.717, 1.165) is 11.5 Å². The van der Waals surface area contributed by atoms with Gasteiger partial charge in [-0.15, -0.1) is 6.58 Å². The second-order valence-corrected chi connectivity index (χ2v) is 3.93. The summed E-state index contributed by atoms with van der Waals surface area (Å²) in [5, 5.41) is 0. The average Bonchev–Trinajstić information content (AvgIpc) is 2.40. The summed E-state index contributed by atoms with van der Waals surface area (Å²) in [5.41, 5.74) is 0. The van der Waals surface area contributed by atoms with E-state index in [1.165, 1.54) is 25.7 Å². The molecule has 0 aliphatic carbocycles. The summed E-state index contributed by atoms with van der Waals surface area (Å²) in [5.74, 6) is 1.71. The SMILES string of the molecule is C=CCCCCC.c1ccc2c(c1)OCCO2. The van der Waals surface area contributed by atoms with Crippen molar-refractivity contribution in [3.63, 3.8) is 0 Å². The molecule has 2 nitrogen and oxygen atoms in total. The van der Waals surface area contributed by atoms with Crippen LogP contribution in [-0.4, -0.2) is 13.2 Å². The second kappa shape index (κ2) is 8.68. The zero-order valence-corrected chi connectivity index (χ0v) is 10.7. The zero-order chi connectivity index (χ0) is 12.3. The van der Waals surface area contributed by atoms with Gasteiger partial charge in [-0.25, -0.2) is 0 Å². The van der Waals surface area contributed by atoms with Gasteiger partial charge in [0.25, 0.3) is 0 Å². The fourth-order valence-corrected chi connectivity index (χ4v) is 1.53. The van der Waals surface area contributed by atoms with Crippen LogP contribution in [0, 0.1) is 0 Å². The smallest absolute Gasteiger partial charge is 0.161 e. The van der Waals surface area contributed by atoms with E-state index in [0.29, 0.717) is 13.2 Å². The first kappa shape index (κ1) is 13.6. The Morgan fingerprint density at radius 2 is 1.71 bits per heavy atom. The molecule has 0 aromatic heterocycles. The van der Waals surface area contributed by atoms with E-state index < -0.39 is 0 Å². The fourth-order valence-electron chi connectivity index (χ4n) is 1.53. The minimum atomic E-state index is 0.664. The molecule has 2 rings (SSSR count). The molecule has 0 fully saturated rings. The van der Waals surface area contributed by atoms with Crippen LogP contribution >= 0.6 is 0 Å². The summed E-state index contributed by atoms with van der Waals surface area (Å²) in [6, 6.07) is 7.70. The molecule has 0 amide bonds. The lowest BCUT2D eigenvalue weighted by atomic mass is 10.2. The van der Waals surface area contributed by atoms with Crippen LogP contribution in [0.2, 0.25) is 0 Å². The molecule has 17 heavy (non-hydrogen) atoms. The van der Waals surface area contributed by atoms with E-state index in [4.69, 9.17) is 9.47 Å². The van der Waals surface area contributed by atoms with E-state index in [9.17, 15) is 0 Å². The van der Waals surface area contributed by atoms with Gasteiger partial charge in [-0.1, -0.05) is 38.0 Å². The Balaban J connectivity index is 0.000000185. The van der Waals surface area contributed by atoms with Gasteiger partial charge in [0.05, 0.1) is 0 Å². The summed E-state index contributed by atoms with van der Waals surface area (Å²) in [4.78, 5) is 0. The minimum absolute atomic E-state index is 0.664.